The summed E-state index contributed by atoms with van der Waals surface area (Å²) in [5, 5.41) is 10.4. The van der Waals surface area contributed by atoms with E-state index in [1.807, 2.05) is 18.2 Å². The van der Waals surface area contributed by atoms with Crippen LogP contribution in [0.5, 0.6) is 5.75 Å². The van der Waals surface area contributed by atoms with E-state index in [2.05, 4.69) is 31.0 Å². The van der Waals surface area contributed by atoms with E-state index in [0.717, 1.165) is 42.5 Å². The summed E-state index contributed by atoms with van der Waals surface area (Å²) < 4.78 is 5.81. The Balaban J connectivity index is 1.71. The highest BCUT2D eigenvalue weighted by atomic mass is 16.5. The first kappa shape index (κ1) is 18.5. The minimum absolute atomic E-state index is 0.277. The second-order valence-corrected chi connectivity index (χ2v) is 6.33. The number of aromatic nitrogens is 1. The fraction of sp³-hybridized carbons (Fsp3) is 0.476. The molecule has 0 spiro atoms. The van der Waals surface area contributed by atoms with Crippen LogP contribution in [0.25, 0.3) is 17.0 Å². The molecule has 0 aliphatic heterocycles. The first-order chi connectivity index (χ1) is 11.7. The van der Waals surface area contributed by atoms with E-state index in [1.165, 1.54) is 19.3 Å². The number of phenolic OH excluding ortho intramolecular Hbond substituents is 1. The minimum atomic E-state index is 0.277. The van der Waals surface area contributed by atoms with Crippen LogP contribution in [0.2, 0.25) is 0 Å². The molecule has 0 aliphatic carbocycles. The van der Waals surface area contributed by atoms with Crippen molar-refractivity contribution >= 4 is 17.0 Å². The lowest BCUT2D eigenvalue weighted by atomic mass is 10.1. The molecule has 2 aromatic rings. The maximum Gasteiger partial charge on any atom is 0.116 e. The molecule has 3 heteroatoms. The van der Waals surface area contributed by atoms with E-state index in [9.17, 15) is 5.11 Å². The summed E-state index contributed by atoms with van der Waals surface area (Å²) in [6, 6.07) is 9.23. The number of aromatic hydroxyl groups is 1. The second-order valence-electron chi connectivity index (χ2n) is 6.33. The highest BCUT2D eigenvalue weighted by Gasteiger charge is 2.01. The standard InChI is InChI=1S/C21H29NO2/c1-3-4-8-15-24-17(2)9-6-5-7-10-19-12-11-18-16-20(23)13-14-21(18)22-19/h7,10-14,16-17,23H,3-6,8-9,15H2,1-2H3/b10-7+. The van der Waals surface area contributed by atoms with Gasteiger partial charge in [-0.15, -0.1) is 0 Å². The molecule has 0 saturated heterocycles. The molecule has 130 valence electrons. The summed E-state index contributed by atoms with van der Waals surface area (Å²) in [4.78, 5) is 4.58. The van der Waals surface area contributed by atoms with Gasteiger partial charge in [0, 0.05) is 12.0 Å². The molecule has 1 N–H and O–H groups in total. The number of pyridine rings is 1. The van der Waals surface area contributed by atoms with Gasteiger partial charge in [-0.25, -0.2) is 4.98 Å². The maximum atomic E-state index is 9.47. The van der Waals surface area contributed by atoms with E-state index in [-0.39, 0.29) is 5.75 Å². The predicted molar refractivity (Wildman–Crippen MR) is 101 cm³/mol. The highest BCUT2D eigenvalue weighted by molar-refractivity contribution is 5.81. The van der Waals surface area contributed by atoms with Gasteiger partial charge in [0.1, 0.15) is 5.75 Å². The lowest BCUT2D eigenvalue weighted by Crippen LogP contribution is -2.08. The van der Waals surface area contributed by atoms with Crippen molar-refractivity contribution < 1.29 is 9.84 Å². The molecule has 1 atom stereocenters. The first-order valence-corrected chi connectivity index (χ1v) is 9.07. The van der Waals surface area contributed by atoms with Gasteiger partial charge < -0.3 is 9.84 Å². The molecule has 0 fully saturated rings. The molecule has 1 unspecified atom stereocenters. The molecule has 2 rings (SSSR count). The van der Waals surface area contributed by atoms with Gasteiger partial charge in [0.15, 0.2) is 0 Å². The Morgan fingerprint density at radius 1 is 1.17 bits per heavy atom. The molecular weight excluding hydrogens is 298 g/mol. The van der Waals surface area contributed by atoms with Crippen LogP contribution in [0.1, 0.15) is 58.1 Å². The van der Waals surface area contributed by atoms with Crippen molar-refractivity contribution in [2.75, 3.05) is 6.61 Å². The van der Waals surface area contributed by atoms with Crippen molar-refractivity contribution in [2.24, 2.45) is 0 Å². The molecule has 3 nitrogen and oxygen atoms in total. The van der Waals surface area contributed by atoms with Crippen LogP contribution in [0.4, 0.5) is 0 Å². The Labute approximate surface area is 145 Å². The second kappa shape index (κ2) is 10.1. The predicted octanol–water partition coefficient (Wildman–Crippen LogP) is 5.72. The molecule has 0 aliphatic rings. The van der Waals surface area contributed by atoms with Gasteiger partial charge in [-0.2, -0.15) is 0 Å². The summed E-state index contributed by atoms with van der Waals surface area (Å²) in [6.45, 7) is 5.27. The van der Waals surface area contributed by atoms with Crippen LogP contribution in [0.3, 0.4) is 0 Å². The zero-order valence-corrected chi connectivity index (χ0v) is 14.9. The number of hydrogen-bond donors (Lipinski definition) is 1. The molecular formula is C21H29NO2. The first-order valence-electron chi connectivity index (χ1n) is 9.07. The Morgan fingerprint density at radius 2 is 2.04 bits per heavy atom. The van der Waals surface area contributed by atoms with Gasteiger partial charge in [-0.05, 0) is 62.9 Å². The number of phenols is 1. The Morgan fingerprint density at radius 3 is 2.88 bits per heavy atom. The van der Waals surface area contributed by atoms with Crippen LogP contribution in [-0.4, -0.2) is 22.8 Å². The van der Waals surface area contributed by atoms with Gasteiger partial charge in [-0.1, -0.05) is 31.9 Å². The van der Waals surface area contributed by atoms with Gasteiger partial charge >= 0.3 is 0 Å². The highest BCUT2D eigenvalue weighted by Crippen LogP contribution is 2.19. The van der Waals surface area contributed by atoms with Crippen molar-refractivity contribution in [3.05, 3.63) is 42.1 Å². The molecule has 24 heavy (non-hydrogen) atoms. The average molecular weight is 327 g/mol. The topological polar surface area (TPSA) is 42.4 Å². The fourth-order valence-electron chi connectivity index (χ4n) is 2.67. The lowest BCUT2D eigenvalue weighted by molar-refractivity contribution is 0.0566. The Hall–Kier alpha value is -1.87. The number of allylic oxidation sites excluding steroid dienone is 1. The van der Waals surface area contributed by atoms with Crippen molar-refractivity contribution in [2.45, 2.75) is 58.5 Å². The van der Waals surface area contributed by atoms with E-state index in [1.54, 1.807) is 12.1 Å². The minimum Gasteiger partial charge on any atom is -0.508 e. The third-order valence-electron chi connectivity index (χ3n) is 4.11. The number of hydrogen-bond acceptors (Lipinski definition) is 3. The third-order valence-corrected chi connectivity index (χ3v) is 4.11. The van der Waals surface area contributed by atoms with E-state index >= 15 is 0 Å². The smallest absolute Gasteiger partial charge is 0.116 e. The Bertz CT molecular complexity index is 651. The molecule has 0 amide bonds. The fourth-order valence-corrected chi connectivity index (χ4v) is 2.67. The van der Waals surface area contributed by atoms with E-state index in [0.29, 0.717) is 6.10 Å². The summed E-state index contributed by atoms with van der Waals surface area (Å²) in [5.41, 5.74) is 1.86. The van der Waals surface area contributed by atoms with Gasteiger partial charge in [0.25, 0.3) is 0 Å². The van der Waals surface area contributed by atoms with Crippen molar-refractivity contribution in [3.8, 4) is 5.75 Å². The molecule has 1 heterocycles. The number of ether oxygens (including phenoxy) is 1. The lowest BCUT2D eigenvalue weighted by Gasteiger charge is -2.11. The summed E-state index contributed by atoms with van der Waals surface area (Å²) in [5.74, 6) is 0.277. The normalized spacial score (nSPS) is 12.9. The van der Waals surface area contributed by atoms with E-state index < -0.39 is 0 Å². The maximum absolute atomic E-state index is 9.47. The third kappa shape index (κ3) is 6.32. The van der Waals surface area contributed by atoms with Crippen LogP contribution in [0.15, 0.2) is 36.4 Å². The molecule has 0 radical (unpaired) electrons. The van der Waals surface area contributed by atoms with Crippen LogP contribution in [-0.2, 0) is 4.74 Å². The molecule has 1 aromatic carbocycles. The van der Waals surface area contributed by atoms with Crippen molar-refractivity contribution in [1.82, 2.24) is 4.98 Å². The number of fused-ring (bicyclic) bond motifs is 1. The monoisotopic (exact) mass is 327 g/mol. The van der Waals surface area contributed by atoms with Crippen LogP contribution in [0, 0.1) is 0 Å². The molecule has 0 bridgehead atoms. The van der Waals surface area contributed by atoms with Crippen LogP contribution >= 0.6 is 0 Å². The summed E-state index contributed by atoms with van der Waals surface area (Å²) in [6.07, 6.45) is 11.5. The van der Waals surface area contributed by atoms with Gasteiger partial charge in [0.2, 0.25) is 0 Å². The van der Waals surface area contributed by atoms with E-state index in [4.69, 9.17) is 4.74 Å². The van der Waals surface area contributed by atoms with Crippen molar-refractivity contribution in [3.63, 3.8) is 0 Å². The number of benzene rings is 1. The molecule has 1 aromatic heterocycles. The molecule has 0 saturated carbocycles. The largest absolute Gasteiger partial charge is 0.508 e. The SMILES string of the molecule is CCCCCOC(C)CCC/C=C/c1ccc2cc(O)ccc2n1. The Kier molecular flexibility index (Phi) is 7.76. The zero-order valence-electron chi connectivity index (χ0n) is 14.9. The summed E-state index contributed by atoms with van der Waals surface area (Å²) >= 11 is 0. The van der Waals surface area contributed by atoms with Crippen LogP contribution < -0.4 is 0 Å². The van der Waals surface area contributed by atoms with Crippen molar-refractivity contribution in [1.29, 1.82) is 0 Å². The number of unbranched alkanes of at least 4 members (excludes halogenated alkanes) is 3. The van der Waals surface area contributed by atoms with Gasteiger partial charge in [0.05, 0.1) is 17.3 Å². The quantitative estimate of drug-likeness (QED) is 0.567. The van der Waals surface area contributed by atoms with Gasteiger partial charge in [-0.3, -0.25) is 0 Å². The summed E-state index contributed by atoms with van der Waals surface area (Å²) in [7, 11) is 0. The number of rotatable bonds is 10. The zero-order chi connectivity index (χ0) is 17.2. The average Bonchev–Trinajstić information content (AvgIpc) is 2.58. The number of nitrogens with zero attached hydrogens (tertiary/aromatic N) is 1.